The van der Waals surface area contributed by atoms with Crippen LogP contribution < -0.4 is 4.90 Å². The molecule has 1 fully saturated rings. The first-order valence-corrected chi connectivity index (χ1v) is 11.3. The van der Waals surface area contributed by atoms with Gasteiger partial charge in [-0.2, -0.15) is 4.31 Å². The number of hydrogen-bond donors (Lipinski definition) is 1. The minimum absolute atomic E-state index is 0.366. The van der Waals surface area contributed by atoms with E-state index in [-0.39, 0.29) is 0 Å². The van der Waals surface area contributed by atoms with E-state index < -0.39 is 10.0 Å². The van der Waals surface area contributed by atoms with Crippen LogP contribution in [0, 0.1) is 0 Å². The van der Waals surface area contributed by atoms with E-state index in [1.807, 2.05) is 24.3 Å². The molecule has 1 aliphatic heterocycles. The fourth-order valence-electron chi connectivity index (χ4n) is 3.58. The Morgan fingerprint density at radius 3 is 2.45 bits per heavy atom. The molecule has 0 bridgehead atoms. The summed E-state index contributed by atoms with van der Waals surface area (Å²) >= 11 is 0. The molecule has 29 heavy (non-hydrogen) atoms. The lowest BCUT2D eigenvalue weighted by molar-refractivity contribution is -0.917. The van der Waals surface area contributed by atoms with Gasteiger partial charge in [-0.3, -0.25) is 0 Å². The quantitative estimate of drug-likeness (QED) is 0.666. The van der Waals surface area contributed by atoms with Crippen molar-refractivity contribution in [1.82, 2.24) is 9.46 Å². The van der Waals surface area contributed by atoms with Crippen LogP contribution in [0.4, 0.5) is 0 Å². The molecule has 1 aliphatic rings. The summed E-state index contributed by atoms with van der Waals surface area (Å²) < 4.78 is 38.1. The van der Waals surface area contributed by atoms with Crippen LogP contribution in [0.5, 0.6) is 0 Å². The van der Waals surface area contributed by atoms with Crippen molar-refractivity contribution in [2.45, 2.75) is 31.2 Å². The summed E-state index contributed by atoms with van der Waals surface area (Å²) in [7, 11) is -3.45. The first-order valence-electron chi connectivity index (χ1n) is 9.86. The number of sulfonamides is 1. The van der Waals surface area contributed by atoms with Gasteiger partial charge < -0.3 is 13.8 Å². The monoisotopic (exact) mass is 416 g/mol. The molecule has 4 rings (SSSR count). The van der Waals surface area contributed by atoms with E-state index in [2.05, 4.69) is 19.0 Å². The molecule has 1 aromatic carbocycles. The third kappa shape index (κ3) is 4.29. The molecule has 2 aromatic heterocycles. The van der Waals surface area contributed by atoms with Gasteiger partial charge >= 0.3 is 0 Å². The highest BCUT2D eigenvalue weighted by molar-refractivity contribution is 7.89. The third-order valence-corrected chi connectivity index (χ3v) is 7.28. The van der Waals surface area contributed by atoms with Crippen LogP contribution in [0.1, 0.15) is 31.0 Å². The van der Waals surface area contributed by atoms with Crippen LogP contribution in [0.3, 0.4) is 0 Å². The standard InChI is InChI=1S/C21H25N3O4S/c1-16(2)17-5-7-19(8-6-17)29(25,26)24-11-9-23(10-12-24)15-18-14-21(28-22-18)20-4-3-13-27-20/h3-8,13-14,16H,9-12,15H2,1-2H3/p+1. The maximum Gasteiger partial charge on any atom is 0.243 e. The maximum absolute atomic E-state index is 12.9. The molecular formula is C21H26N3O4S+. The molecule has 0 saturated carbocycles. The molecule has 0 radical (unpaired) electrons. The molecule has 7 nitrogen and oxygen atoms in total. The van der Waals surface area contributed by atoms with Crippen LogP contribution in [-0.2, 0) is 16.6 Å². The van der Waals surface area contributed by atoms with Crippen LogP contribution >= 0.6 is 0 Å². The van der Waals surface area contributed by atoms with Gasteiger partial charge in [-0.05, 0) is 35.7 Å². The Labute approximate surface area is 170 Å². The topological polar surface area (TPSA) is 81.0 Å². The first kappa shape index (κ1) is 19.9. The maximum atomic E-state index is 12.9. The van der Waals surface area contributed by atoms with E-state index in [0.717, 1.165) is 24.3 Å². The van der Waals surface area contributed by atoms with Gasteiger partial charge in [-0.15, -0.1) is 0 Å². The molecule has 1 N–H and O–H groups in total. The van der Waals surface area contributed by atoms with Gasteiger partial charge in [-0.25, -0.2) is 8.42 Å². The number of aromatic nitrogens is 1. The molecule has 0 spiro atoms. The van der Waals surface area contributed by atoms with E-state index in [9.17, 15) is 8.42 Å². The lowest BCUT2D eigenvalue weighted by Crippen LogP contribution is -3.13. The van der Waals surface area contributed by atoms with Gasteiger partial charge in [0.2, 0.25) is 15.8 Å². The highest BCUT2D eigenvalue weighted by atomic mass is 32.2. The second kappa shape index (κ2) is 8.14. The fraction of sp³-hybridized carbons (Fsp3) is 0.381. The number of nitrogens with one attached hydrogen (secondary N) is 1. The van der Waals surface area contributed by atoms with Crippen LogP contribution in [-0.4, -0.2) is 44.1 Å². The van der Waals surface area contributed by atoms with Gasteiger partial charge in [0, 0.05) is 6.07 Å². The third-order valence-electron chi connectivity index (χ3n) is 5.37. The number of furan rings is 1. The molecule has 3 heterocycles. The van der Waals surface area contributed by atoms with E-state index in [4.69, 9.17) is 8.94 Å². The largest absolute Gasteiger partial charge is 0.461 e. The van der Waals surface area contributed by atoms with Gasteiger partial charge in [0.15, 0.2) is 5.76 Å². The van der Waals surface area contributed by atoms with Gasteiger partial charge in [0.1, 0.15) is 12.2 Å². The van der Waals surface area contributed by atoms with E-state index in [0.29, 0.717) is 42.0 Å². The zero-order valence-electron chi connectivity index (χ0n) is 16.7. The summed E-state index contributed by atoms with van der Waals surface area (Å²) in [5.41, 5.74) is 1.98. The van der Waals surface area contributed by atoms with E-state index >= 15 is 0 Å². The van der Waals surface area contributed by atoms with E-state index in [1.165, 1.54) is 4.90 Å². The van der Waals surface area contributed by atoms with Crippen molar-refractivity contribution in [2.75, 3.05) is 26.2 Å². The van der Waals surface area contributed by atoms with Gasteiger partial charge in [-0.1, -0.05) is 31.1 Å². The summed E-state index contributed by atoms with van der Waals surface area (Å²) in [6.07, 6.45) is 1.60. The number of quaternary nitrogens is 1. The number of piperazine rings is 1. The average molecular weight is 417 g/mol. The fourth-order valence-corrected chi connectivity index (χ4v) is 5.02. The summed E-state index contributed by atoms with van der Waals surface area (Å²) in [4.78, 5) is 1.65. The van der Waals surface area contributed by atoms with Crippen molar-refractivity contribution in [3.05, 3.63) is 60.0 Å². The number of rotatable bonds is 6. The number of hydrogen-bond acceptors (Lipinski definition) is 5. The van der Waals surface area contributed by atoms with Crippen LogP contribution in [0.25, 0.3) is 11.5 Å². The Balaban J connectivity index is 1.36. The van der Waals surface area contributed by atoms with Crippen molar-refractivity contribution in [3.63, 3.8) is 0 Å². The number of benzene rings is 1. The normalized spacial score (nSPS) is 16.5. The molecule has 0 aliphatic carbocycles. The highest BCUT2D eigenvalue weighted by Crippen LogP contribution is 2.21. The molecule has 3 aromatic rings. The highest BCUT2D eigenvalue weighted by Gasteiger charge is 2.30. The first-order chi connectivity index (χ1) is 13.9. The Morgan fingerprint density at radius 2 is 1.83 bits per heavy atom. The molecular weight excluding hydrogens is 390 g/mol. The molecule has 1 saturated heterocycles. The Kier molecular flexibility index (Phi) is 5.58. The smallest absolute Gasteiger partial charge is 0.243 e. The van der Waals surface area contributed by atoms with Crippen molar-refractivity contribution in [2.24, 2.45) is 0 Å². The summed E-state index contributed by atoms with van der Waals surface area (Å²) in [5, 5.41) is 4.12. The number of nitrogens with zero attached hydrogens (tertiary/aromatic N) is 2. The van der Waals surface area contributed by atoms with E-state index in [1.54, 1.807) is 28.8 Å². The van der Waals surface area contributed by atoms with Crippen molar-refractivity contribution in [1.29, 1.82) is 0 Å². The summed E-state index contributed by atoms with van der Waals surface area (Å²) in [6.45, 7) is 7.33. The van der Waals surface area contributed by atoms with Crippen molar-refractivity contribution < 1.29 is 22.3 Å². The second-order valence-corrected chi connectivity index (χ2v) is 9.65. The minimum atomic E-state index is -3.45. The Hall–Kier alpha value is -2.42. The lowest BCUT2D eigenvalue weighted by atomic mass is 10.0. The zero-order valence-corrected chi connectivity index (χ0v) is 17.5. The van der Waals surface area contributed by atoms with Crippen molar-refractivity contribution >= 4 is 10.0 Å². The molecule has 0 atom stereocenters. The van der Waals surface area contributed by atoms with Gasteiger partial charge in [0.05, 0.1) is 37.3 Å². The minimum Gasteiger partial charge on any atom is -0.461 e. The zero-order chi connectivity index (χ0) is 20.4. The SMILES string of the molecule is CC(C)c1ccc(S(=O)(=O)N2CC[NH+](Cc3cc(-c4ccco4)on3)CC2)cc1. The summed E-state index contributed by atoms with van der Waals surface area (Å²) in [6, 6.07) is 12.8. The predicted octanol–water partition coefficient (Wildman–Crippen LogP) is 2.15. The Morgan fingerprint density at radius 1 is 1.10 bits per heavy atom. The predicted molar refractivity (Wildman–Crippen MR) is 108 cm³/mol. The molecule has 0 amide bonds. The lowest BCUT2D eigenvalue weighted by Gasteiger charge is -2.31. The molecule has 154 valence electrons. The van der Waals surface area contributed by atoms with Crippen LogP contribution in [0.15, 0.2) is 62.6 Å². The molecule has 0 unspecified atom stereocenters. The second-order valence-electron chi connectivity index (χ2n) is 7.71. The average Bonchev–Trinajstić information content (AvgIpc) is 3.40. The van der Waals surface area contributed by atoms with Gasteiger partial charge in [0.25, 0.3) is 0 Å². The molecule has 8 heteroatoms. The van der Waals surface area contributed by atoms with Crippen molar-refractivity contribution in [3.8, 4) is 11.5 Å². The Bertz CT molecular complexity index is 1030. The van der Waals surface area contributed by atoms with Crippen LogP contribution in [0.2, 0.25) is 0 Å². The summed E-state index contributed by atoms with van der Waals surface area (Å²) in [5.74, 6) is 1.64.